The molecule has 2 aromatic rings. The van der Waals surface area contributed by atoms with E-state index in [0.29, 0.717) is 28.4 Å². The molecule has 2 N–H and O–H groups in total. The summed E-state index contributed by atoms with van der Waals surface area (Å²) in [6, 6.07) is 6.96. The van der Waals surface area contributed by atoms with E-state index in [0.717, 1.165) is 31.2 Å². The molecule has 0 radical (unpaired) electrons. The number of hydrogen-bond donors (Lipinski definition) is 2. The number of ether oxygens (including phenoxy) is 1. The zero-order valence-corrected chi connectivity index (χ0v) is 15.6. The SMILES string of the molecule is C=CCNC(=O)c1c(NC(=O)c2cccc(OC)c2)sc2c1CCCC2. The number of amides is 2. The fourth-order valence-corrected chi connectivity index (χ4v) is 4.37. The van der Waals surface area contributed by atoms with Gasteiger partial charge in [-0.2, -0.15) is 0 Å². The number of thiophene rings is 1. The maximum absolute atomic E-state index is 12.7. The molecule has 1 aliphatic rings. The van der Waals surface area contributed by atoms with Gasteiger partial charge in [0.05, 0.1) is 12.7 Å². The van der Waals surface area contributed by atoms with Gasteiger partial charge in [-0.05, 0) is 49.4 Å². The monoisotopic (exact) mass is 370 g/mol. The first-order valence-electron chi connectivity index (χ1n) is 8.63. The lowest BCUT2D eigenvalue weighted by Crippen LogP contribution is -2.25. The zero-order chi connectivity index (χ0) is 18.5. The summed E-state index contributed by atoms with van der Waals surface area (Å²) in [4.78, 5) is 26.5. The van der Waals surface area contributed by atoms with Crippen LogP contribution in [0.1, 0.15) is 44.0 Å². The van der Waals surface area contributed by atoms with Crippen LogP contribution in [0.4, 0.5) is 5.00 Å². The van der Waals surface area contributed by atoms with Gasteiger partial charge >= 0.3 is 0 Å². The highest BCUT2D eigenvalue weighted by Crippen LogP contribution is 2.38. The largest absolute Gasteiger partial charge is 0.497 e. The van der Waals surface area contributed by atoms with E-state index in [1.54, 1.807) is 37.5 Å². The summed E-state index contributed by atoms with van der Waals surface area (Å²) in [6.45, 7) is 4.03. The van der Waals surface area contributed by atoms with Crippen LogP contribution in [-0.2, 0) is 12.8 Å². The molecule has 136 valence electrons. The van der Waals surface area contributed by atoms with Crippen molar-refractivity contribution in [2.45, 2.75) is 25.7 Å². The Labute approximate surface area is 157 Å². The lowest BCUT2D eigenvalue weighted by molar-refractivity contribution is 0.0958. The predicted molar refractivity (Wildman–Crippen MR) is 104 cm³/mol. The fourth-order valence-electron chi connectivity index (χ4n) is 3.09. The number of carbonyl (C=O) groups is 2. The van der Waals surface area contributed by atoms with Crippen molar-refractivity contribution < 1.29 is 14.3 Å². The van der Waals surface area contributed by atoms with E-state index in [1.807, 2.05) is 0 Å². The van der Waals surface area contributed by atoms with E-state index >= 15 is 0 Å². The molecule has 0 spiro atoms. The summed E-state index contributed by atoms with van der Waals surface area (Å²) in [7, 11) is 1.56. The van der Waals surface area contributed by atoms with Gasteiger partial charge in [-0.25, -0.2) is 0 Å². The van der Waals surface area contributed by atoms with E-state index < -0.39 is 0 Å². The Balaban J connectivity index is 1.90. The van der Waals surface area contributed by atoms with Crippen LogP contribution in [0.3, 0.4) is 0 Å². The second-order valence-corrected chi connectivity index (χ2v) is 7.20. The van der Waals surface area contributed by atoms with Crippen LogP contribution in [0.2, 0.25) is 0 Å². The van der Waals surface area contributed by atoms with Crippen molar-refractivity contribution in [1.29, 1.82) is 0 Å². The van der Waals surface area contributed by atoms with E-state index in [4.69, 9.17) is 4.74 Å². The molecule has 0 saturated carbocycles. The molecular weight excluding hydrogens is 348 g/mol. The Kier molecular flexibility index (Phi) is 5.73. The highest BCUT2D eigenvalue weighted by molar-refractivity contribution is 7.17. The molecule has 1 aromatic heterocycles. The molecule has 1 heterocycles. The molecule has 0 bridgehead atoms. The topological polar surface area (TPSA) is 67.4 Å². The lowest BCUT2D eigenvalue weighted by Gasteiger charge is -2.13. The molecule has 2 amide bonds. The molecule has 0 unspecified atom stereocenters. The molecule has 0 aliphatic heterocycles. The minimum absolute atomic E-state index is 0.162. The van der Waals surface area contributed by atoms with Gasteiger partial charge < -0.3 is 15.4 Å². The fraction of sp³-hybridized carbons (Fsp3) is 0.300. The number of fused-ring (bicyclic) bond motifs is 1. The Morgan fingerprint density at radius 3 is 2.85 bits per heavy atom. The first-order valence-corrected chi connectivity index (χ1v) is 9.44. The minimum atomic E-state index is -0.250. The van der Waals surface area contributed by atoms with Gasteiger partial charge in [0.25, 0.3) is 11.8 Å². The first kappa shape index (κ1) is 18.2. The van der Waals surface area contributed by atoms with Crippen molar-refractivity contribution in [2.75, 3.05) is 19.0 Å². The molecular formula is C20H22N2O3S. The van der Waals surface area contributed by atoms with E-state index in [1.165, 1.54) is 16.2 Å². The average Bonchev–Trinajstić information content (AvgIpc) is 3.03. The maximum atomic E-state index is 12.7. The first-order chi connectivity index (χ1) is 12.6. The molecule has 0 fully saturated rings. The third-order valence-corrected chi connectivity index (χ3v) is 5.57. The van der Waals surface area contributed by atoms with E-state index in [9.17, 15) is 9.59 Å². The third kappa shape index (κ3) is 3.80. The van der Waals surface area contributed by atoms with Gasteiger partial charge in [0, 0.05) is 17.0 Å². The number of methoxy groups -OCH3 is 1. The highest BCUT2D eigenvalue weighted by atomic mass is 32.1. The van der Waals surface area contributed by atoms with Crippen molar-refractivity contribution in [3.8, 4) is 5.75 Å². The normalized spacial score (nSPS) is 12.8. The number of rotatable bonds is 6. The Hall–Kier alpha value is -2.60. The average molecular weight is 370 g/mol. The van der Waals surface area contributed by atoms with Crippen molar-refractivity contribution in [3.05, 3.63) is 58.5 Å². The smallest absolute Gasteiger partial charge is 0.256 e. The summed E-state index contributed by atoms with van der Waals surface area (Å²) in [6.07, 6.45) is 5.65. The number of hydrogen-bond acceptors (Lipinski definition) is 4. The van der Waals surface area contributed by atoms with Gasteiger partial charge in [0.1, 0.15) is 10.8 Å². The van der Waals surface area contributed by atoms with Crippen LogP contribution in [-0.4, -0.2) is 25.5 Å². The Morgan fingerprint density at radius 1 is 1.27 bits per heavy atom. The zero-order valence-electron chi connectivity index (χ0n) is 14.8. The van der Waals surface area contributed by atoms with Crippen LogP contribution in [0.15, 0.2) is 36.9 Å². The third-order valence-electron chi connectivity index (χ3n) is 4.36. The summed E-state index contributed by atoms with van der Waals surface area (Å²) in [5, 5.41) is 6.38. The highest BCUT2D eigenvalue weighted by Gasteiger charge is 2.26. The van der Waals surface area contributed by atoms with Crippen LogP contribution < -0.4 is 15.4 Å². The van der Waals surface area contributed by atoms with Gasteiger partial charge in [-0.3, -0.25) is 9.59 Å². The van der Waals surface area contributed by atoms with Gasteiger partial charge in [-0.15, -0.1) is 17.9 Å². The van der Waals surface area contributed by atoms with Crippen LogP contribution in [0.5, 0.6) is 5.75 Å². The number of carbonyl (C=O) groups excluding carboxylic acids is 2. The van der Waals surface area contributed by atoms with Crippen LogP contribution >= 0.6 is 11.3 Å². The quantitative estimate of drug-likeness (QED) is 0.760. The molecule has 6 heteroatoms. The molecule has 1 aliphatic carbocycles. The Morgan fingerprint density at radius 2 is 2.08 bits per heavy atom. The predicted octanol–water partition coefficient (Wildman–Crippen LogP) is 3.80. The van der Waals surface area contributed by atoms with Gasteiger partial charge in [0.15, 0.2) is 0 Å². The van der Waals surface area contributed by atoms with Crippen molar-refractivity contribution >= 4 is 28.2 Å². The number of aryl methyl sites for hydroxylation is 1. The maximum Gasteiger partial charge on any atom is 0.256 e. The van der Waals surface area contributed by atoms with Crippen LogP contribution in [0, 0.1) is 0 Å². The van der Waals surface area contributed by atoms with Gasteiger partial charge in [0.2, 0.25) is 0 Å². The minimum Gasteiger partial charge on any atom is -0.497 e. The Bertz CT molecular complexity index is 842. The molecule has 5 nitrogen and oxygen atoms in total. The molecule has 1 aromatic carbocycles. The van der Waals surface area contributed by atoms with E-state index in [2.05, 4.69) is 17.2 Å². The number of anilines is 1. The second-order valence-electron chi connectivity index (χ2n) is 6.10. The van der Waals surface area contributed by atoms with Gasteiger partial charge in [-0.1, -0.05) is 12.1 Å². The summed E-state index contributed by atoms with van der Waals surface area (Å²) in [5.74, 6) is 0.206. The van der Waals surface area contributed by atoms with Crippen molar-refractivity contribution in [2.24, 2.45) is 0 Å². The van der Waals surface area contributed by atoms with Crippen LogP contribution in [0.25, 0.3) is 0 Å². The molecule has 3 rings (SSSR count). The lowest BCUT2D eigenvalue weighted by atomic mass is 9.95. The molecule has 0 atom stereocenters. The second kappa shape index (κ2) is 8.19. The summed E-state index contributed by atoms with van der Waals surface area (Å²) < 4.78 is 5.18. The number of benzene rings is 1. The standard InChI is InChI=1S/C20H22N2O3S/c1-3-11-21-19(24)17-15-9-4-5-10-16(15)26-20(17)22-18(23)13-7-6-8-14(12-13)25-2/h3,6-8,12H,1,4-5,9-11H2,2H3,(H,21,24)(H,22,23). The molecule has 26 heavy (non-hydrogen) atoms. The van der Waals surface area contributed by atoms with E-state index in [-0.39, 0.29) is 11.8 Å². The van der Waals surface area contributed by atoms with Crippen molar-refractivity contribution in [1.82, 2.24) is 5.32 Å². The molecule has 0 saturated heterocycles. The number of nitrogens with one attached hydrogen (secondary N) is 2. The summed E-state index contributed by atoms with van der Waals surface area (Å²) >= 11 is 1.51. The van der Waals surface area contributed by atoms with Crippen molar-refractivity contribution in [3.63, 3.8) is 0 Å². The summed E-state index contributed by atoms with van der Waals surface area (Å²) in [5.41, 5.74) is 2.17.